The zero-order valence-corrected chi connectivity index (χ0v) is 27.3. The molecule has 0 saturated carbocycles. The highest BCUT2D eigenvalue weighted by Gasteiger charge is 2.35. The van der Waals surface area contributed by atoms with Crippen molar-refractivity contribution in [2.75, 3.05) is 26.8 Å². The van der Waals surface area contributed by atoms with Gasteiger partial charge in [0.15, 0.2) is 5.69 Å². The van der Waals surface area contributed by atoms with E-state index in [0.717, 1.165) is 28.4 Å². The molecule has 3 rings (SSSR count). The molecule has 0 radical (unpaired) electrons. The average Bonchev–Trinajstić information content (AvgIpc) is 3.48. The number of hydrogen-bond acceptors (Lipinski definition) is 11. The van der Waals surface area contributed by atoms with Crippen LogP contribution in [0, 0.1) is 12.1 Å². The standard InChI is InChI=1S/C29H35F3N6O9S/c1-5-44-28(40)46-21(3)47-35-38(41)36(4)17-7-6-8-18-45-27(39)34-48(42,43)24-15-13-23(14-16-24)37-25(19-26(33-37)29(30,31)32)22-11-9-20(2)10-12-22/h9-16,19,21H,5-8,17-18H2,1-4H3,(H,34,39). The monoisotopic (exact) mass is 700 g/mol. The number of amides is 1. The Morgan fingerprint density at radius 2 is 1.75 bits per heavy atom. The molecular formula is C29H35F3N6O9S. The number of alkyl halides is 3. The number of aromatic nitrogens is 2. The summed E-state index contributed by atoms with van der Waals surface area (Å²) in [5, 5.41) is 20.1. The minimum absolute atomic E-state index is 0.106. The molecule has 262 valence electrons. The third-order valence-electron chi connectivity index (χ3n) is 6.40. The van der Waals surface area contributed by atoms with Crippen molar-refractivity contribution in [3.05, 3.63) is 71.1 Å². The van der Waals surface area contributed by atoms with Gasteiger partial charge in [-0.25, -0.2) is 27.4 Å². The van der Waals surface area contributed by atoms with Crippen LogP contribution in [-0.4, -0.2) is 73.5 Å². The summed E-state index contributed by atoms with van der Waals surface area (Å²) in [6.07, 6.45) is -6.74. The van der Waals surface area contributed by atoms with Gasteiger partial charge in [0.1, 0.15) is 0 Å². The number of nitrogens with zero attached hydrogens (tertiary/aromatic N) is 5. The highest BCUT2D eigenvalue weighted by molar-refractivity contribution is 7.90. The number of unbranched alkanes of at least 4 members (excludes halogenated alkanes) is 2. The molecule has 0 bridgehead atoms. The third-order valence-corrected chi connectivity index (χ3v) is 7.73. The van der Waals surface area contributed by atoms with Crippen molar-refractivity contribution in [2.45, 2.75) is 57.4 Å². The number of carbonyl (C=O) groups is 2. The number of ether oxygens (including phenoxy) is 3. The fourth-order valence-electron chi connectivity index (χ4n) is 3.96. The molecule has 0 aliphatic heterocycles. The van der Waals surface area contributed by atoms with E-state index in [1.54, 1.807) is 35.9 Å². The van der Waals surface area contributed by atoms with Crippen molar-refractivity contribution in [1.82, 2.24) is 19.5 Å². The van der Waals surface area contributed by atoms with Gasteiger partial charge in [-0.3, -0.25) is 4.84 Å². The van der Waals surface area contributed by atoms with E-state index in [0.29, 0.717) is 24.8 Å². The van der Waals surface area contributed by atoms with E-state index in [2.05, 4.69) is 15.1 Å². The summed E-state index contributed by atoms with van der Waals surface area (Å²) in [7, 11) is -2.93. The highest BCUT2D eigenvalue weighted by Crippen LogP contribution is 2.33. The van der Waals surface area contributed by atoms with Crippen molar-refractivity contribution in [3.63, 3.8) is 0 Å². The molecule has 0 aliphatic carbocycles. The Labute approximate surface area is 274 Å². The van der Waals surface area contributed by atoms with E-state index in [1.807, 2.05) is 6.92 Å². The Bertz CT molecular complexity index is 1660. The van der Waals surface area contributed by atoms with Crippen molar-refractivity contribution >= 4 is 22.3 Å². The van der Waals surface area contributed by atoms with Crippen molar-refractivity contribution in [1.29, 1.82) is 0 Å². The van der Waals surface area contributed by atoms with Gasteiger partial charge in [-0.2, -0.15) is 18.3 Å². The largest absolute Gasteiger partial charge is 0.569 e. The van der Waals surface area contributed by atoms with Crippen molar-refractivity contribution in [3.8, 4) is 16.9 Å². The molecule has 1 atom stereocenters. The number of rotatable bonds is 15. The van der Waals surface area contributed by atoms with E-state index in [9.17, 15) is 36.4 Å². The molecule has 3 aromatic rings. The topological polar surface area (TPSA) is 177 Å². The number of sulfonamides is 1. The van der Waals surface area contributed by atoms with E-state index in [1.165, 1.54) is 31.1 Å². The van der Waals surface area contributed by atoms with Gasteiger partial charge < -0.3 is 19.4 Å². The zero-order valence-electron chi connectivity index (χ0n) is 26.5. The van der Waals surface area contributed by atoms with Crippen LogP contribution in [0.4, 0.5) is 22.8 Å². The molecule has 0 fully saturated rings. The minimum atomic E-state index is -4.71. The first kappa shape index (κ1) is 37.4. The second-order valence-corrected chi connectivity index (χ2v) is 11.9. The fourth-order valence-corrected chi connectivity index (χ4v) is 4.85. The normalized spacial score (nSPS) is 12.6. The molecule has 1 unspecified atom stereocenters. The van der Waals surface area contributed by atoms with E-state index >= 15 is 0 Å². The molecule has 1 heterocycles. The van der Waals surface area contributed by atoms with E-state index in [4.69, 9.17) is 14.3 Å². The van der Waals surface area contributed by atoms with Crippen LogP contribution in [0.5, 0.6) is 0 Å². The van der Waals surface area contributed by atoms with Gasteiger partial charge in [0.05, 0.1) is 48.1 Å². The molecule has 0 spiro atoms. The molecule has 0 aliphatic rings. The molecule has 0 saturated heterocycles. The number of aryl methyl sites for hydroxylation is 1. The predicted molar refractivity (Wildman–Crippen MR) is 162 cm³/mol. The molecule has 1 amide bonds. The fraction of sp³-hybridized carbons (Fsp3) is 0.414. The lowest BCUT2D eigenvalue weighted by Crippen LogP contribution is -2.31. The van der Waals surface area contributed by atoms with Crippen molar-refractivity contribution < 1.29 is 55.2 Å². The first-order chi connectivity index (χ1) is 22.6. The van der Waals surface area contributed by atoms with Gasteiger partial charge in [0, 0.05) is 12.5 Å². The summed E-state index contributed by atoms with van der Waals surface area (Å²) >= 11 is 0. The molecule has 19 heteroatoms. The molecule has 1 aromatic heterocycles. The zero-order chi connectivity index (χ0) is 35.5. The van der Waals surface area contributed by atoms with Crippen LogP contribution in [0.25, 0.3) is 16.9 Å². The maximum atomic E-state index is 13.5. The van der Waals surface area contributed by atoms with Crippen LogP contribution in [0.15, 0.2) is 64.8 Å². The predicted octanol–water partition coefficient (Wildman–Crippen LogP) is 5.71. The van der Waals surface area contributed by atoms with Crippen LogP contribution in [0.2, 0.25) is 0 Å². The molecular weight excluding hydrogens is 665 g/mol. The van der Waals surface area contributed by atoms with Crippen molar-refractivity contribution in [2.24, 2.45) is 5.28 Å². The number of halogens is 3. The lowest BCUT2D eigenvalue weighted by atomic mass is 10.1. The summed E-state index contributed by atoms with van der Waals surface area (Å²) in [4.78, 5) is 27.9. The van der Waals surface area contributed by atoms with Crippen LogP contribution in [0.1, 0.15) is 44.4 Å². The smallest absolute Gasteiger partial charge is 0.511 e. The Kier molecular flexibility index (Phi) is 13.0. The Balaban J connectivity index is 1.48. The first-order valence-corrected chi connectivity index (χ1v) is 16.0. The number of nitrogens with one attached hydrogen (secondary N) is 1. The highest BCUT2D eigenvalue weighted by atomic mass is 32.2. The molecule has 48 heavy (non-hydrogen) atoms. The third kappa shape index (κ3) is 11.0. The average molecular weight is 701 g/mol. The number of hydrogen-bond donors (Lipinski definition) is 1. The van der Waals surface area contributed by atoms with Gasteiger partial charge in [0.25, 0.3) is 16.3 Å². The van der Waals surface area contributed by atoms with Gasteiger partial charge in [-0.15, -0.1) is 5.01 Å². The molecule has 15 nitrogen and oxygen atoms in total. The number of carbonyl (C=O) groups excluding carboxylic acids is 2. The van der Waals surface area contributed by atoms with Crippen LogP contribution in [0.3, 0.4) is 0 Å². The number of hydrazine groups is 1. The van der Waals surface area contributed by atoms with Crippen LogP contribution < -0.4 is 4.72 Å². The second-order valence-electron chi connectivity index (χ2n) is 10.2. The Morgan fingerprint density at radius 3 is 2.38 bits per heavy atom. The summed E-state index contributed by atoms with van der Waals surface area (Å²) < 4.78 is 82.9. The summed E-state index contributed by atoms with van der Waals surface area (Å²) in [6.45, 7) is 4.99. The van der Waals surface area contributed by atoms with Gasteiger partial charge in [0.2, 0.25) is 5.28 Å². The van der Waals surface area contributed by atoms with Crippen LogP contribution in [-0.2, 0) is 35.2 Å². The van der Waals surface area contributed by atoms with Gasteiger partial charge in [-0.05, 0) is 63.4 Å². The minimum Gasteiger partial charge on any atom is -0.569 e. The molecule has 1 N–H and O–H groups in total. The summed E-state index contributed by atoms with van der Waals surface area (Å²) in [5.41, 5.74) is 0.570. The molecule has 2 aromatic carbocycles. The maximum Gasteiger partial charge on any atom is 0.511 e. The quantitative estimate of drug-likeness (QED) is 0.0513. The Morgan fingerprint density at radius 1 is 1.08 bits per heavy atom. The van der Waals surface area contributed by atoms with Gasteiger partial charge >= 0.3 is 18.4 Å². The Hall–Kier alpha value is -5.07. The van der Waals surface area contributed by atoms with Gasteiger partial charge in [-0.1, -0.05) is 29.8 Å². The SMILES string of the molecule is CCOC(=O)OC(C)ON=[N+]([O-])N(C)CCCCCOC(=O)NS(=O)(=O)c1ccc(-n2nc(C(F)(F)F)cc2-c2ccc(C)cc2)cc1. The maximum absolute atomic E-state index is 13.5. The van der Waals surface area contributed by atoms with Crippen LogP contribution >= 0.6 is 0 Å². The lowest BCUT2D eigenvalue weighted by molar-refractivity contribution is -0.707. The van der Waals surface area contributed by atoms with E-state index < -0.39 is 40.4 Å². The van der Waals surface area contributed by atoms with E-state index in [-0.39, 0.29) is 41.0 Å². The second kappa shape index (κ2) is 16.7. The number of benzene rings is 2. The first-order valence-electron chi connectivity index (χ1n) is 14.5. The summed E-state index contributed by atoms with van der Waals surface area (Å²) in [5.74, 6) is 0. The lowest BCUT2D eigenvalue weighted by Gasteiger charge is -2.14. The summed E-state index contributed by atoms with van der Waals surface area (Å²) in [6, 6.07) is 12.5.